The van der Waals surface area contributed by atoms with E-state index in [2.05, 4.69) is 10.6 Å². The standard InChI is InChI=1S/C41H48N4O6/c1-29(2)23-24-45(37(38(42)46)26-31-13-7-4-8-14-31)40(48)30(3)43-39(47)36(44-41(49)51-28-34-17-11-6-12-18-34)25-32-19-21-35(22-20-32)50-27-33-15-9-5-10-16-33/h4-22,29-30,36-37H,23-28H2,1-3H3,(H2,42,46)(H,43,47)(H,44,49)/t30-,36+,37+/m1/s1. The molecule has 3 atom stereocenters. The molecule has 0 aromatic heterocycles. The summed E-state index contributed by atoms with van der Waals surface area (Å²) in [6.07, 6.45) is 0.202. The number of amides is 4. The number of carbonyl (C=O) groups excluding carboxylic acids is 4. The average Bonchev–Trinajstić information content (AvgIpc) is 3.14. The van der Waals surface area contributed by atoms with E-state index < -0.39 is 41.9 Å². The van der Waals surface area contributed by atoms with Crippen molar-refractivity contribution in [2.75, 3.05) is 6.54 Å². The molecule has 0 fully saturated rings. The van der Waals surface area contributed by atoms with Gasteiger partial charge in [-0.3, -0.25) is 14.4 Å². The highest BCUT2D eigenvalue weighted by Crippen LogP contribution is 2.17. The molecule has 0 bridgehead atoms. The molecular formula is C41H48N4O6. The topological polar surface area (TPSA) is 140 Å². The van der Waals surface area contributed by atoms with Gasteiger partial charge in [0.25, 0.3) is 0 Å². The maximum Gasteiger partial charge on any atom is 0.408 e. The molecule has 4 aromatic rings. The van der Waals surface area contributed by atoms with Crippen molar-refractivity contribution in [3.05, 3.63) is 138 Å². The van der Waals surface area contributed by atoms with Crippen LogP contribution < -0.4 is 21.1 Å². The number of nitrogens with two attached hydrogens (primary N) is 1. The van der Waals surface area contributed by atoms with E-state index in [9.17, 15) is 19.2 Å². The van der Waals surface area contributed by atoms with E-state index in [0.29, 0.717) is 18.8 Å². The minimum absolute atomic E-state index is 0.0179. The molecule has 4 rings (SSSR count). The molecule has 0 aliphatic heterocycles. The first-order valence-corrected chi connectivity index (χ1v) is 17.3. The molecule has 0 aliphatic carbocycles. The van der Waals surface area contributed by atoms with E-state index in [1.165, 1.54) is 4.90 Å². The lowest BCUT2D eigenvalue weighted by Gasteiger charge is -2.33. The number of hydrogen-bond donors (Lipinski definition) is 3. The molecule has 0 saturated carbocycles. The van der Waals surface area contributed by atoms with Gasteiger partial charge >= 0.3 is 6.09 Å². The number of nitrogens with zero attached hydrogens (tertiary/aromatic N) is 1. The quantitative estimate of drug-likeness (QED) is 0.124. The van der Waals surface area contributed by atoms with Crippen molar-refractivity contribution in [3.63, 3.8) is 0 Å². The zero-order valence-corrected chi connectivity index (χ0v) is 29.5. The average molecular weight is 693 g/mol. The normalized spacial score (nSPS) is 12.6. The molecule has 4 amide bonds. The van der Waals surface area contributed by atoms with Crippen molar-refractivity contribution in [2.24, 2.45) is 11.7 Å². The summed E-state index contributed by atoms with van der Waals surface area (Å²) in [6, 6.07) is 32.6. The van der Waals surface area contributed by atoms with Crippen LogP contribution >= 0.6 is 0 Å². The maximum atomic E-state index is 14.0. The van der Waals surface area contributed by atoms with Crippen LogP contribution in [0.5, 0.6) is 5.75 Å². The first kappa shape index (κ1) is 38.2. The first-order valence-electron chi connectivity index (χ1n) is 17.3. The Kier molecular flexibility index (Phi) is 14.6. The van der Waals surface area contributed by atoms with Crippen LogP contribution in [0, 0.1) is 5.92 Å². The predicted molar refractivity (Wildman–Crippen MR) is 196 cm³/mol. The Morgan fingerprint density at radius 1 is 0.667 bits per heavy atom. The Labute approximate surface area is 300 Å². The Hall–Kier alpha value is -5.64. The Morgan fingerprint density at radius 2 is 1.20 bits per heavy atom. The lowest BCUT2D eigenvalue weighted by molar-refractivity contribution is -0.142. The van der Waals surface area contributed by atoms with Crippen molar-refractivity contribution in [2.45, 2.75) is 71.4 Å². The molecule has 10 nitrogen and oxygen atoms in total. The van der Waals surface area contributed by atoms with Crippen LogP contribution in [-0.2, 0) is 45.2 Å². The summed E-state index contributed by atoms with van der Waals surface area (Å²) in [5.41, 5.74) is 9.29. The Morgan fingerprint density at radius 3 is 1.75 bits per heavy atom. The number of hydrogen-bond acceptors (Lipinski definition) is 6. The fourth-order valence-electron chi connectivity index (χ4n) is 5.46. The number of nitrogens with one attached hydrogen (secondary N) is 2. The van der Waals surface area contributed by atoms with Crippen LogP contribution in [0.25, 0.3) is 0 Å². The van der Waals surface area contributed by atoms with Crippen LogP contribution in [-0.4, -0.2) is 53.4 Å². The van der Waals surface area contributed by atoms with Crippen LogP contribution in [0.15, 0.2) is 115 Å². The summed E-state index contributed by atoms with van der Waals surface area (Å²) in [6.45, 7) is 6.32. The number of alkyl carbamates (subject to hydrolysis) is 1. The molecule has 0 radical (unpaired) electrons. The van der Waals surface area contributed by atoms with Crippen molar-refractivity contribution in [1.82, 2.24) is 15.5 Å². The third-order valence-corrected chi connectivity index (χ3v) is 8.37. The molecule has 0 unspecified atom stereocenters. The second kappa shape index (κ2) is 19.5. The third kappa shape index (κ3) is 12.6. The summed E-state index contributed by atoms with van der Waals surface area (Å²) in [4.78, 5) is 54.9. The van der Waals surface area contributed by atoms with Gasteiger partial charge in [-0.1, -0.05) is 117 Å². The minimum Gasteiger partial charge on any atom is -0.489 e. The maximum absolute atomic E-state index is 14.0. The number of carbonyl (C=O) groups is 4. The number of primary amides is 1. The SMILES string of the molecule is CC(C)CCN(C(=O)[C@@H](C)NC(=O)[C@H](Cc1ccc(OCc2ccccc2)cc1)NC(=O)OCc1ccccc1)[C@@H](Cc1ccccc1)C(N)=O. The first-order chi connectivity index (χ1) is 24.6. The summed E-state index contributed by atoms with van der Waals surface area (Å²) < 4.78 is 11.3. The van der Waals surface area contributed by atoms with E-state index >= 15 is 0 Å². The zero-order chi connectivity index (χ0) is 36.6. The van der Waals surface area contributed by atoms with Crippen LogP contribution in [0.2, 0.25) is 0 Å². The van der Waals surface area contributed by atoms with Crippen molar-refractivity contribution < 1.29 is 28.7 Å². The monoisotopic (exact) mass is 692 g/mol. The molecule has 0 heterocycles. The van der Waals surface area contributed by atoms with Gasteiger partial charge in [-0.25, -0.2) is 4.79 Å². The Bertz CT molecular complexity index is 1680. The summed E-state index contributed by atoms with van der Waals surface area (Å²) in [7, 11) is 0. The lowest BCUT2D eigenvalue weighted by Crippen LogP contribution is -2.58. The molecule has 0 aliphatic rings. The Balaban J connectivity index is 1.48. The van der Waals surface area contributed by atoms with E-state index in [4.69, 9.17) is 15.2 Å². The highest BCUT2D eigenvalue weighted by atomic mass is 16.5. The van der Waals surface area contributed by atoms with Crippen molar-refractivity contribution in [3.8, 4) is 5.75 Å². The highest BCUT2D eigenvalue weighted by Gasteiger charge is 2.33. The molecule has 0 saturated heterocycles. The van der Waals surface area contributed by atoms with Gasteiger partial charge in [0, 0.05) is 19.4 Å². The van der Waals surface area contributed by atoms with Gasteiger partial charge < -0.3 is 30.7 Å². The molecule has 4 N–H and O–H groups in total. The summed E-state index contributed by atoms with van der Waals surface area (Å²) in [5.74, 6) is -0.764. The minimum atomic E-state index is -1.08. The van der Waals surface area contributed by atoms with Crippen LogP contribution in [0.3, 0.4) is 0 Å². The molecule has 0 spiro atoms. The van der Waals surface area contributed by atoms with E-state index in [1.54, 1.807) is 19.1 Å². The fourth-order valence-corrected chi connectivity index (χ4v) is 5.46. The number of rotatable bonds is 18. The molecule has 4 aromatic carbocycles. The largest absolute Gasteiger partial charge is 0.489 e. The van der Waals surface area contributed by atoms with Crippen LogP contribution in [0.4, 0.5) is 4.79 Å². The van der Waals surface area contributed by atoms with Gasteiger partial charge in [-0.15, -0.1) is 0 Å². The predicted octanol–water partition coefficient (Wildman–Crippen LogP) is 5.58. The van der Waals surface area contributed by atoms with Gasteiger partial charge in [-0.05, 0) is 53.6 Å². The van der Waals surface area contributed by atoms with Gasteiger partial charge in [0.2, 0.25) is 17.7 Å². The van der Waals surface area contributed by atoms with Crippen LogP contribution in [0.1, 0.15) is 49.4 Å². The molecule has 268 valence electrons. The highest BCUT2D eigenvalue weighted by molar-refractivity contribution is 5.93. The third-order valence-electron chi connectivity index (χ3n) is 8.37. The van der Waals surface area contributed by atoms with Gasteiger partial charge in [0.15, 0.2) is 0 Å². The number of benzene rings is 4. The van der Waals surface area contributed by atoms with E-state index in [0.717, 1.165) is 22.3 Å². The second-order valence-electron chi connectivity index (χ2n) is 12.9. The van der Waals surface area contributed by atoms with E-state index in [-0.39, 0.29) is 31.9 Å². The fraction of sp³-hybridized carbons (Fsp3) is 0.317. The molecule has 10 heteroatoms. The summed E-state index contributed by atoms with van der Waals surface area (Å²) >= 11 is 0. The molecule has 51 heavy (non-hydrogen) atoms. The second-order valence-corrected chi connectivity index (χ2v) is 12.9. The summed E-state index contributed by atoms with van der Waals surface area (Å²) in [5, 5.41) is 5.46. The van der Waals surface area contributed by atoms with E-state index in [1.807, 2.05) is 117 Å². The molecular weight excluding hydrogens is 644 g/mol. The number of ether oxygens (including phenoxy) is 2. The van der Waals surface area contributed by atoms with Crippen molar-refractivity contribution >= 4 is 23.8 Å². The van der Waals surface area contributed by atoms with Crippen molar-refractivity contribution in [1.29, 1.82) is 0 Å². The lowest BCUT2D eigenvalue weighted by atomic mass is 10.0. The van der Waals surface area contributed by atoms with Gasteiger partial charge in [0.05, 0.1) is 0 Å². The zero-order valence-electron chi connectivity index (χ0n) is 29.5. The smallest absolute Gasteiger partial charge is 0.408 e. The van der Waals surface area contributed by atoms with Gasteiger partial charge in [-0.2, -0.15) is 0 Å². The van der Waals surface area contributed by atoms with Gasteiger partial charge in [0.1, 0.15) is 37.1 Å².